The van der Waals surface area contributed by atoms with Crippen molar-refractivity contribution in [3.8, 4) is 10.6 Å². The number of aromatic nitrogens is 2. The molecule has 2 aliphatic carbocycles. The standard InChI is InChI=1S/C19H19ClN2O2S/c1-3-13-16(15-17(23)10-4-5-11(7-10)18(15)24)22-19(25-13)12-8-21-14(20)6-9(12)2/h6,8,10-11,15H,3-5,7H2,1-2H3/t10-,11+,15?. The number of Topliss-reactive ketones (excluding diaryl/α,β-unsaturated/α-hetero) is 2. The van der Waals surface area contributed by atoms with E-state index >= 15 is 0 Å². The Bertz CT molecular complexity index is 854. The lowest BCUT2D eigenvalue weighted by Crippen LogP contribution is -2.35. The summed E-state index contributed by atoms with van der Waals surface area (Å²) >= 11 is 7.50. The van der Waals surface area contributed by atoms with Crippen LogP contribution in [0.4, 0.5) is 0 Å². The van der Waals surface area contributed by atoms with Crippen LogP contribution in [0.3, 0.4) is 0 Å². The summed E-state index contributed by atoms with van der Waals surface area (Å²) in [4.78, 5) is 35.6. The van der Waals surface area contributed by atoms with Crippen LogP contribution in [-0.2, 0) is 16.0 Å². The molecule has 0 radical (unpaired) electrons. The first kappa shape index (κ1) is 16.9. The minimum atomic E-state index is -0.660. The van der Waals surface area contributed by atoms with Crippen molar-refractivity contribution in [2.24, 2.45) is 11.8 Å². The van der Waals surface area contributed by atoms with E-state index in [-0.39, 0.29) is 23.4 Å². The van der Waals surface area contributed by atoms with Crippen molar-refractivity contribution in [3.05, 3.63) is 33.6 Å². The molecule has 2 fully saturated rings. The summed E-state index contributed by atoms with van der Waals surface area (Å²) < 4.78 is 0. The second-order valence-corrected chi connectivity index (χ2v) is 8.42. The van der Waals surface area contributed by atoms with Crippen LogP contribution in [0.5, 0.6) is 0 Å². The van der Waals surface area contributed by atoms with Gasteiger partial charge in [0.1, 0.15) is 16.1 Å². The Morgan fingerprint density at radius 1 is 1.24 bits per heavy atom. The summed E-state index contributed by atoms with van der Waals surface area (Å²) in [7, 11) is 0. The molecule has 0 N–H and O–H groups in total. The van der Waals surface area contributed by atoms with Crippen molar-refractivity contribution in [2.75, 3.05) is 0 Å². The van der Waals surface area contributed by atoms with E-state index in [1.54, 1.807) is 23.6 Å². The quantitative estimate of drug-likeness (QED) is 0.590. The second kappa shape index (κ2) is 6.29. The highest BCUT2D eigenvalue weighted by Crippen LogP contribution is 2.45. The highest BCUT2D eigenvalue weighted by molar-refractivity contribution is 7.15. The lowest BCUT2D eigenvalue weighted by Gasteiger charge is -2.24. The highest BCUT2D eigenvalue weighted by Gasteiger charge is 2.48. The average Bonchev–Trinajstić information content (AvgIpc) is 3.19. The maximum absolute atomic E-state index is 12.8. The van der Waals surface area contributed by atoms with Gasteiger partial charge in [-0.25, -0.2) is 9.97 Å². The van der Waals surface area contributed by atoms with Crippen LogP contribution in [0.1, 0.15) is 48.2 Å². The first-order valence-corrected chi connectivity index (χ1v) is 9.88. The van der Waals surface area contributed by atoms with Gasteiger partial charge in [-0.2, -0.15) is 0 Å². The summed E-state index contributed by atoms with van der Waals surface area (Å²) in [5.74, 6) is -0.415. The van der Waals surface area contributed by atoms with Crippen LogP contribution in [-0.4, -0.2) is 21.5 Å². The van der Waals surface area contributed by atoms with Crippen molar-refractivity contribution < 1.29 is 9.59 Å². The Hall–Kier alpha value is -1.59. The Balaban J connectivity index is 1.79. The van der Waals surface area contributed by atoms with Crippen molar-refractivity contribution in [1.82, 2.24) is 9.97 Å². The molecular formula is C19H19ClN2O2S. The first-order valence-electron chi connectivity index (χ1n) is 8.69. The van der Waals surface area contributed by atoms with Crippen molar-refractivity contribution in [1.29, 1.82) is 0 Å². The average molecular weight is 375 g/mol. The van der Waals surface area contributed by atoms with Crippen LogP contribution in [0.2, 0.25) is 5.15 Å². The molecule has 2 aromatic rings. The van der Waals surface area contributed by atoms with Gasteiger partial charge in [0, 0.05) is 28.5 Å². The normalized spacial score (nSPS) is 25.6. The summed E-state index contributed by atoms with van der Waals surface area (Å²) in [6.07, 6.45) is 4.93. The molecule has 4 rings (SSSR count). The fraction of sp³-hybridized carbons (Fsp3) is 0.474. The molecule has 6 heteroatoms. The van der Waals surface area contributed by atoms with Gasteiger partial charge in [0.15, 0.2) is 11.6 Å². The molecule has 1 unspecified atom stereocenters. The number of hydrogen-bond donors (Lipinski definition) is 0. The molecule has 0 saturated heterocycles. The molecule has 0 spiro atoms. The largest absolute Gasteiger partial charge is 0.298 e. The number of aryl methyl sites for hydroxylation is 2. The van der Waals surface area contributed by atoms with E-state index in [9.17, 15) is 9.59 Å². The van der Waals surface area contributed by atoms with Gasteiger partial charge in [-0.15, -0.1) is 11.3 Å². The summed E-state index contributed by atoms with van der Waals surface area (Å²) in [5.41, 5.74) is 2.58. The summed E-state index contributed by atoms with van der Waals surface area (Å²) in [5, 5.41) is 1.26. The number of carbonyl (C=O) groups excluding carboxylic acids is 2. The third-order valence-electron chi connectivity index (χ3n) is 5.44. The van der Waals surface area contributed by atoms with Crippen molar-refractivity contribution in [2.45, 2.75) is 45.4 Å². The number of thiazole rings is 1. The van der Waals surface area contributed by atoms with E-state index in [1.165, 1.54) is 0 Å². The second-order valence-electron chi connectivity index (χ2n) is 6.95. The molecule has 2 saturated carbocycles. The van der Waals surface area contributed by atoms with E-state index in [4.69, 9.17) is 16.6 Å². The van der Waals surface area contributed by atoms with Gasteiger partial charge in [0.2, 0.25) is 0 Å². The fourth-order valence-corrected chi connectivity index (χ4v) is 5.41. The monoisotopic (exact) mass is 374 g/mol. The maximum atomic E-state index is 12.8. The molecule has 130 valence electrons. The molecule has 25 heavy (non-hydrogen) atoms. The number of nitrogens with zero attached hydrogens (tertiary/aromatic N) is 2. The van der Waals surface area contributed by atoms with E-state index in [0.29, 0.717) is 10.8 Å². The maximum Gasteiger partial charge on any atom is 0.152 e. The topological polar surface area (TPSA) is 59.9 Å². The molecule has 2 aliphatic rings. The molecule has 4 nitrogen and oxygen atoms in total. The van der Waals surface area contributed by atoms with E-state index in [2.05, 4.69) is 4.98 Å². The smallest absolute Gasteiger partial charge is 0.152 e. The van der Waals surface area contributed by atoms with Crippen molar-refractivity contribution in [3.63, 3.8) is 0 Å². The zero-order valence-corrected chi connectivity index (χ0v) is 15.8. The third kappa shape index (κ3) is 2.74. The van der Waals surface area contributed by atoms with Crippen LogP contribution < -0.4 is 0 Å². The highest BCUT2D eigenvalue weighted by atomic mass is 35.5. The van der Waals surface area contributed by atoms with Gasteiger partial charge in [0.05, 0.1) is 5.69 Å². The zero-order chi connectivity index (χ0) is 17.7. The molecule has 0 aromatic carbocycles. The molecule has 2 bridgehead atoms. The third-order valence-corrected chi connectivity index (χ3v) is 6.89. The van der Waals surface area contributed by atoms with Crippen molar-refractivity contribution >= 4 is 34.5 Å². The van der Waals surface area contributed by atoms with Crippen LogP contribution in [0, 0.1) is 18.8 Å². The number of fused-ring (bicyclic) bond motifs is 2. The lowest BCUT2D eigenvalue weighted by molar-refractivity contribution is -0.136. The van der Waals surface area contributed by atoms with Gasteiger partial charge in [-0.05, 0) is 44.2 Å². The molecular weight excluding hydrogens is 356 g/mol. The van der Waals surface area contributed by atoms with Gasteiger partial charge < -0.3 is 0 Å². The zero-order valence-electron chi connectivity index (χ0n) is 14.2. The molecule has 0 aliphatic heterocycles. The molecule has 2 aromatic heterocycles. The first-order chi connectivity index (χ1) is 12.0. The van der Waals surface area contributed by atoms with E-state index < -0.39 is 5.92 Å². The summed E-state index contributed by atoms with van der Waals surface area (Å²) in [6.45, 7) is 4.01. The number of pyridine rings is 1. The predicted molar refractivity (Wildman–Crippen MR) is 98.1 cm³/mol. The van der Waals surface area contributed by atoms with Gasteiger partial charge in [-0.1, -0.05) is 18.5 Å². The predicted octanol–water partition coefficient (Wildman–Crippen LogP) is 4.38. The molecule has 2 heterocycles. The molecule has 3 atom stereocenters. The van der Waals surface area contributed by atoms with E-state index in [0.717, 1.165) is 46.7 Å². The van der Waals surface area contributed by atoms with Gasteiger partial charge in [0.25, 0.3) is 0 Å². The Kier molecular flexibility index (Phi) is 4.24. The minimum absolute atomic E-state index is 0.0430. The SMILES string of the molecule is CCc1sc(-c2cnc(Cl)cc2C)nc1C1C(=O)[C@@H]2CC[C@@H](C2)C1=O. The van der Waals surface area contributed by atoms with E-state index in [1.807, 2.05) is 13.8 Å². The van der Waals surface area contributed by atoms with Crippen LogP contribution >= 0.6 is 22.9 Å². The number of ketones is 2. The number of hydrogen-bond acceptors (Lipinski definition) is 5. The number of halogens is 1. The van der Waals surface area contributed by atoms with Gasteiger partial charge in [-0.3, -0.25) is 9.59 Å². The number of rotatable bonds is 3. The van der Waals surface area contributed by atoms with Crippen LogP contribution in [0.25, 0.3) is 10.6 Å². The van der Waals surface area contributed by atoms with Gasteiger partial charge >= 0.3 is 0 Å². The summed E-state index contributed by atoms with van der Waals surface area (Å²) in [6, 6.07) is 1.81. The lowest BCUT2D eigenvalue weighted by atomic mass is 9.77. The number of carbonyl (C=O) groups is 2. The Labute approximate surface area is 155 Å². The molecule has 0 amide bonds. The minimum Gasteiger partial charge on any atom is -0.298 e. The fourth-order valence-electron chi connectivity index (χ4n) is 4.08. The van der Waals surface area contributed by atoms with Crippen LogP contribution in [0.15, 0.2) is 12.3 Å². The Morgan fingerprint density at radius 2 is 1.92 bits per heavy atom. The Morgan fingerprint density at radius 3 is 2.52 bits per heavy atom.